The van der Waals surface area contributed by atoms with Gasteiger partial charge in [0.2, 0.25) is 0 Å². The predicted octanol–water partition coefficient (Wildman–Crippen LogP) is 6.93. The van der Waals surface area contributed by atoms with Crippen LogP contribution in [0.3, 0.4) is 0 Å². The monoisotopic (exact) mass is 374 g/mol. The summed E-state index contributed by atoms with van der Waals surface area (Å²) in [6.45, 7) is 4.33. The van der Waals surface area contributed by atoms with Crippen LogP contribution in [0.2, 0.25) is 0 Å². The molecule has 0 N–H and O–H groups in total. The number of ketones is 2. The molecule has 1 aromatic carbocycles. The normalized spacial score (nSPS) is 10.7. The van der Waals surface area contributed by atoms with E-state index in [4.69, 9.17) is 4.74 Å². The molecule has 0 heterocycles. The molecule has 0 unspecified atom stereocenters. The first-order chi connectivity index (χ1) is 13.1. The quantitative estimate of drug-likeness (QED) is 0.169. The van der Waals surface area contributed by atoms with Crippen LogP contribution in [0.1, 0.15) is 108 Å². The predicted molar refractivity (Wildman–Crippen MR) is 113 cm³/mol. The number of carbonyl (C=O) groups is 2. The molecule has 0 aliphatic rings. The fraction of sp³-hybridized carbons (Fsp3) is 0.667. The molecule has 0 aliphatic heterocycles. The van der Waals surface area contributed by atoms with Gasteiger partial charge in [-0.3, -0.25) is 9.59 Å². The van der Waals surface area contributed by atoms with Crippen molar-refractivity contribution in [1.82, 2.24) is 0 Å². The Morgan fingerprint density at radius 1 is 0.778 bits per heavy atom. The molecule has 0 aliphatic carbocycles. The van der Waals surface area contributed by atoms with Crippen LogP contribution in [-0.4, -0.2) is 18.2 Å². The second-order valence-electron chi connectivity index (χ2n) is 7.54. The third kappa shape index (κ3) is 11.6. The second-order valence-corrected chi connectivity index (χ2v) is 7.54. The topological polar surface area (TPSA) is 43.4 Å². The van der Waals surface area contributed by atoms with E-state index in [0.29, 0.717) is 17.9 Å². The van der Waals surface area contributed by atoms with Gasteiger partial charge in [0.25, 0.3) is 0 Å². The van der Waals surface area contributed by atoms with E-state index in [-0.39, 0.29) is 18.0 Å². The van der Waals surface area contributed by atoms with Crippen molar-refractivity contribution in [1.29, 1.82) is 0 Å². The van der Waals surface area contributed by atoms with Crippen molar-refractivity contribution >= 4 is 11.6 Å². The number of carbonyl (C=O) groups excluding carboxylic acids is 2. The van der Waals surface area contributed by atoms with Crippen molar-refractivity contribution in [3.63, 3.8) is 0 Å². The van der Waals surface area contributed by atoms with Gasteiger partial charge in [-0.15, -0.1) is 0 Å². The summed E-state index contributed by atoms with van der Waals surface area (Å²) in [6, 6.07) is 7.23. The minimum absolute atomic E-state index is 0.0566. The summed E-state index contributed by atoms with van der Waals surface area (Å²) in [7, 11) is 0. The standard InChI is InChI=1S/C24H38O3/c1-3-4-5-6-7-8-9-10-11-12-13-16-19-27-24-18-15-14-17-22(24)23(26)20-21(2)25/h14-15,17-18H,3-13,16,19-20H2,1-2H3. The van der Waals surface area contributed by atoms with Crippen molar-refractivity contribution in [2.24, 2.45) is 0 Å². The third-order valence-electron chi connectivity index (χ3n) is 4.85. The van der Waals surface area contributed by atoms with Crippen LogP contribution in [0.25, 0.3) is 0 Å². The largest absolute Gasteiger partial charge is 0.493 e. The number of rotatable bonds is 17. The van der Waals surface area contributed by atoms with Crippen LogP contribution in [-0.2, 0) is 4.79 Å². The Hall–Kier alpha value is -1.64. The van der Waals surface area contributed by atoms with Gasteiger partial charge in [0.1, 0.15) is 11.5 Å². The summed E-state index contributed by atoms with van der Waals surface area (Å²) in [5, 5.41) is 0. The van der Waals surface area contributed by atoms with Crippen molar-refractivity contribution in [2.45, 2.75) is 97.3 Å². The average Bonchev–Trinajstić information content (AvgIpc) is 2.65. The van der Waals surface area contributed by atoms with Crippen LogP contribution in [0.4, 0.5) is 0 Å². The van der Waals surface area contributed by atoms with Crippen LogP contribution in [0.5, 0.6) is 5.75 Å². The molecular weight excluding hydrogens is 336 g/mol. The van der Waals surface area contributed by atoms with E-state index in [9.17, 15) is 9.59 Å². The molecule has 3 nitrogen and oxygen atoms in total. The molecule has 1 rings (SSSR count). The van der Waals surface area contributed by atoms with Gasteiger partial charge < -0.3 is 4.74 Å². The zero-order valence-electron chi connectivity index (χ0n) is 17.4. The zero-order valence-corrected chi connectivity index (χ0v) is 17.4. The van der Waals surface area contributed by atoms with E-state index in [1.807, 2.05) is 18.2 Å². The fourth-order valence-corrected chi connectivity index (χ4v) is 3.27. The van der Waals surface area contributed by atoms with E-state index in [1.54, 1.807) is 6.07 Å². The van der Waals surface area contributed by atoms with Crippen molar-refractivity contribution in [3.8, 4) is 5.75 Å². The molecule has 0 atom stereocenters. The Balaban J connectivity index is 2.07. The Bertz CT molecular complexity index is 536. The summed E-state index contributed by atoms with van der Waals surface area (Å²) in [5.41, 5.74) is 0.520. The number of hydrogen-bond acceptors (Lipinski definition) is 3. The Morgan fingerprint density at radius 2 is 1.30 bits per heavy atom. The maximum Gasteiger partial charge on any atom is 0.173 e. The average molecular weight is 375 g/mol. The maximum atomic E-state index is 12.1. The summed E-state index contributed by atoms with van der Waals surface area (Å²) in [5.74, 6) is 0.329. The van der Waals surface area contributed by atoms with E-state index in [2.05, 4.69) is 6.92 Å². The van der Waals surface area contributed by atoms with Crippen LogP contribution in [0, 0.1) is 0 Å². The lowest BCUT2D eigenvalue weighted by Crippen LogP contribution is -2.08. The van der Waals surface area contributed by atoms with Crippen molar-refractivity contribution in [2.75, 3.05) is 6.61 Å². The Morgan fingerprint density at radius 3 is 1.85 bits per heavy atom. The first-order valence-electron chi connectivity index (χ1n) is 10.9. The highest BCUT2D eigenvalue weighted by atomic mass is 16.5. The molecule has 3 heteroatoms. The van der Waals surface area contributed by atoms with Crippen LogP contribution < -0.4 is 4.74 Å². The van der Waals surface area contributed by atoms with E-state index >= 15 is 0 Å². The smallest absolute Gasteiger partial charge is 0.173 e. The summed E-state index contributed by atoms with van der Waals surface area (Å²) in [6.07, 6.45) is 15.7. The number of hydrogen-bond donors (Lipinski definition) is 0. The van der Waals surface area contributed by atoms with Gasteiger partial charge in [0, 0.05) is 0 Å². The molecular formula is C24H38O3. The molecule has 0 spiro atoms. The number of Topliss-reactive ketones (excluding diaryl/α,β-unsaturated/α-hetero) is 2. The summed E-state index contributed by atoms with van der Waals surface area (Å²) < 4.78 is 5.80. The molecule has 27 heavy (non-hydrogen) atoms. The first kappa shape index (κ1) is 23.4. The Kier molecular flexibility index (Phi) is 13.4. The number of unbranched alkanes of at least 4 members (excludes halogenated alkanes) is 11. The summed E-state index contributed by atoms with van der Waals surface area (Å²) >= 11 is 0. The third-order valence-corrected chi connectivity index (χ3v) is 4.85. The van der Waals surface area contributed by atoms with Gasteiger partial charge in [-0.2, -0.15) is 0 Å². The molecule has 0 aromatic heterocycles. The summed E-state index contributed by atoms with van der Waals surface area (Å²) in [4.78, 5) is 23.3. The lowest BCUT2D eigenvalue weighted by Gasteiger charge is -2.10. The SMILES string of the molecule is CCCCCCCCCCCCCCOc1ccccc1C(=O)CC(C)=O. The zero-order chi connectivity index (χ0) is 19.7. The maximum absolute atomic E-state index is 12.1. The molecule has 0 amide bonds. The minimum atomic E-state index is -0.159. The molecule has 152 valence electrons. The van der Waals surface area contributed by atoms with Crippen LogP contribution in [0.15, 0.2) is 24.3 Å². The highest BCUT2D eigenvalue weighted by Gasteiger charge is 2.13. The lowest BCUT2D eigenvalue weighted by molar-refractivity contribution is -0.116. The van der Waals surface area contributed by atoms with Crippen molar-refractivity contribution < 1.29 is 14.3 Å². The van der Waals surface area contributed by atoms with Gasteiger partial charge >= 0.3 is 0 Å². The van der Waals surface area contributed by atoms with Gasteiger partial charge in [0.15, 0.2) is 5.78 Å². The van der Waals surface area contributed by atoms with Crippen molar-refractivity contribution in [3.05, 3.63) is 29.8 Å². The fourth-order valence-electron chi connectivity index (χ4n) is 3.27. The molecule has 0 bridgehead atoms. The highest BCUT2D eigenvalue weighted by molar-refractivity contribution is 6.08. The van der Waals surface area contributed by atoms with E-state index in [0.717, 1.165) is 6.42 Å². The molecule has 1 aromatic rings. The van der Waals surface area contributed by atoms with Gasteiger partial charge in [-0.05, 0) is 25.5 Å². The van der Waals surface area contributed by atoms with Gasteiger partial charge in [-0.1, -0.05) is 89.7 Å². The molecule has 0 fully saturated rings. The van der Waals surface area contributed by atoms with E-state index in [1.165, 1.54) is 77.6 Å². The molecule has 0 radical (unpaired) electrons. The second kappa shape index (κ2) is 15.4. The number of benzene rings is 1. The first-order valence-corrected chi connectivity index (χ1v) is 10.9. The minimum Gasteiger partial charge on any atom is -0.493 e. The highest BCUT2D eigenvalue weighted by Crippen LogP contribution is 2.20. The van der Waals surface area contributed by atoms with E-state index < -0.39 is 0 Å². The van der Waals surface area contributed by atoms with Gasteiger partial charge in [0.05, 0.1) is 18.6 Å². The molecule has 0 saturated heterocycles. The van der Waals surface area contributed by atoms with Crippen LogP contribution >= 0.6 is 0 Å². The Labute approximate surface area is 165 Å². The van der Waals surface area contributed by atoms with Gasteiger partial charge in [-0.25, -0.2) is 0 Å². The number of ether oxygens (including phenoxy) is 1. The number of para-hydroxylation sites is 1. The lowest BCUT2D eigenvalue weighted by atomic mass is 10.1. The molecule has 0 saturated carbocycles.